The maximum atomic E-state index is 10.2. The molecule has 0 amide bonds. The normalized spacial score (nSPS) is 7.75. The second-order valence-electron chi connectivity index (χ2n) is 2.70. The first-order valence-corrected chi connectivity index (χ1v) is 4.50. The maximum absolute atomic E-state index is 10.2. The van der Waals surface area contributed by atoms with Crippen LogP contribution in [0.3, 0.4) is 0 Å². The zero-order chi connectivity index (χ0) is 12.4. The van der Waals surface area contributed by atoms with Crippen molar-refractivity contribution >= 4 is 12.0 Å². The number of hydrogen-bond donors (Lipinski definition) is 0. The fourth-order valence-electron chi connectivity index (χ4n) is 0.758. The van der Waals surface area contributed by atoms with Gasteiger partial charge in [-0.15, -0.1) is 0 Å². The van der Waals surface area contributed by atoms with Gasteiger partial charge in [0.2, 0.25) is 0 Å². The minimum absolute atomic E-state index is 0.174. The molecule has 1 rings (SSSR count). The highest BCUT2D eigenvalue weighted by molar-refractivity contribution is 5.91. The van der Waals surface area contributed by atoms with Crippen molar-refractivity contribution in [2.75, 3.05) is 7.11 Å². The van der Waals surface area contributed by atoms with Crippen molar-refractivity contribution in [3.8, 4) is 6.07 Å². The highest BCUT2D eigenvalue weighted by atomic mass is 16.5. The summed E-state index contributed by atoms with van der Waals surface area (Å²) in [6, 6.07) is 11.6. The van der Waals surface area contributed by atoms with Crippen molar-refractivity contribution in [2.45, 2.75) is 0 Å². The zero-order valence-electron chi connectivity index (χ0n) is 9.14. The number of nitrogens with zero attached hydrogens (tertiary/aromatic N) is 1. The summed E-state index contributed by atoms with van der Waals surface area (Å²) in [5, 5.41) is 7.99. The van der Waals surface area contributed by atoms with Crippen molar-refractivity contribution in [1.29, 1.82) is 5.26 Å². The highest BCUT2D eigenvalue weighted by Gasteiger charge is 2.01. The monoisotopic (exact) mass is 215 g/mol. The van der Waals surface area contributed by atoms with Crippen LogP contribution in [0.15, 0.2) is 49.1 Å². The quantitative estimate of drug-likeness (QED) is 0.433. The molecule has 0 atom stereocenters. The van der Waals surface area contributed by atoms with Gasteiger partial charge in [0.25, 0.3) is 0 Å². The van der Waals surface area contributed by atoms with Crippen LogP contribution in [0.5, 0.6) is 0 Å². The third kappa shape index (κ3) is 5.40. The summed E-state index contributed by atoms with van der Waals surface area (Å²) in [6.45, 7) is 6.74. The van der Waals surface area contributed by atoms with E-state index in [1.165, 1.54) is 12.7 Å². The molecular weight excluding hydrogens is 202 g/mol. The standard InChI is InChI=1S/C8H8.C5H5NO2/c1-2-8-6-4-3-5-7-8;1-4(3-6)5(7)8-2/h2-7H,1H2;1H2,2H3. The van der Waals surface area contributed by atoms with Crippen LogP contribution in [0, 0.1) is 11.3 Å². The van der Waals surface area contributed by atoms with Crippen LogP contribution in [-0.4, -0.2) is 13.1 Å². The Balaban J connectivity index is 0.000000281. The summed E-state index contributed by atoms with van der Waals surface area (Å²) >= 11 is 0. The molecule has 16 heavy (non-hydrogen) atoms. The Bertz CT molecular complexity index is 402. The molecule has 0 aliphatic rings. The summed E-state index contributed by atoms with van der Waals surface area (Å²) in [5.41, 5.74) is 1.00. The molecule has 0 bridgehead atoms. The molecule has 1 aromatic carbocycles. The van der Waals surface area contributed by atoms with E-state index in [1.54, 1.807) is 6.07 Å². The van der Waals surface area contributed by atoms with Crippen LogP contribution in [-0.2, 0) is 9.53 Å². The van der Waals surface area contributed by atoms with E-state index < -0.39 is 5.97 Å². The summed E-state index contributed by atoms with van der Waals surface area (Å²) in [7, 11) is 1.20. The number of hydrogen-bond acceptors (Lipinski definition) is 3. The molecule has 0 saturated heterocycles. The number of carbonyl (C=O) groups excluding carboxylic acids is 1. The predicted octanol–water partition coefficient (Wildman–Crippen LogP) is 2.57. The third-order valence-electron chi connectivity index (χ3n) is 1.60. The first kappa shape index (κ1) is 13.7. The van der Waals surface area contributed by atoms with Gasteiger partial charge in [-0.1, -0.05) is 49.6 Å². The highest BCUT2D eigenvalue weighted by Crippen LogP contribution is 1.97. The lowest BCUT2D eigenvalue weighted by Crippen LogP contribution is -2.00. The Kier molecular flexibility index (Phi) is 6.84. The lowest BCUT2D eigenvalue weighted by molar-refractivity contribution is -0.135. The second kappa shape index (κ2) is 8.01. The van der Waals surface area contributed by atoms with E-state index >= 15 is 0 Å². The Morgan fingerprint density at radius 2 is 2.00 bits per heavy atom. The molecule has 0 aliphatic heterocycles. The first-order valence-electron chi connectivity index (χ1n) is 4.50. The fourth-order valence-corrected chi connectivity index (χ4v) is 0.758. The molecule has 82 valence electrons. The number of nitriles is 1. The molecule has 0 heterocycles. The average molecular weight is 215 g/mol. The lowest BCUT2D eigenvalue weighted by atomic mass is 10.2. The smallest absolute Gasteiger partial charge is 0.347 e. The van der Waals surface area contributed by atoms with E-state index in [2.05, 4.69) is 17.9 Å². The van der Waals surface area contributed by atoms with E-state index in [1.807, 2.05) is 36.4 Å². The lowest BCUT2D eigenvalue weighted by Gasteiger charge is -1.89. The van der Waals surface area contributed by atoms with E-state index in [-0.39, 0.29) is 5.57 Å². The Hall–Kier alpha value is -2.34. The van der Waals surface area contributed by atoms with Crippen molar-refractivity contribution in [3.63, 3.8) is 0 Å². The van der Waals surface area contributed by atoms with Gasteiger partial charge < -0.3 is 4.74 Å². The Labute approximate surface area is 95.3 Å². The first-order chi connectivity index (χ1) is 7.65. The molecule has 0 spiro atoms. The van der Waals surface area contributed by atoms with Crippen LogP contribution >= 0.6 is 0 Å². The minimum Gasteiger partial charge on any atom is -0.465 e. The van der Waals surface area contributed by atoms with Crippen LogP contribution in [0.4, 0.5) is 0 Å². The van der Waals surface area contributed by atoms with Crippen molar-refractivity contribution in [2.24, 2.45) is 0 Å². The van der Waals surface area contributed by atoms with Gasteiger partial charge in [0.1, 0.15) is 11.6 Å². The van der Waals surface area contributed by atoms with Crippen molar-refractivity contribution < 1.29 is 9.53 Å². The molecule has 1 aromatic rings. The summed E-state index contributed by atoms with van der Waals surface area (Å²) in [5.74, 6) is -0.674. The number of rotatable bonds is 2. The summed E-state index contributed by atoms with van der Waals surface area (Å²) in [4.78, 5) is 10.2. The molecule has 0 aliphatic carbocycles. The molecule has 3 nitrogen and oxygen atoms in total. The van der Waals surface area contributed by atoms with Gasteiger partial charge >= 0.3 is 5.97 Å². The molecule has 0 fully saturated rings. The van der Waals surface area contributed by atoms with Crippen LogP contribution < -0.4 is 0 Å². The zero-order valence-corrected chi connectivity index (χ0v) is 9.14. The van der Waals surface area contributed by atoms with Gasteiger partial charge in [0.15, 0.2) is 0 Å². The third-order valence-corrected chi connectivity index (χ3v) is 1.60. The average Bonchev–Trinajstić information content (AvgIpc) is 2.38. The number of benzene rings is 1. The molecule has 0 aromatic heterocycles. The summed E-state index contributed by atoms with van der Waals surface area (Å²) < 4.78 is 4.14. The summed E-state index contributed by atoms with van der Waals surface area (Å²) in [6.07, 6.45) is 1.83. The van der Waals surface area contributed by atoms with E-state index in [0.29, 0.717) is 0 Å². The van der Waals surface area contributed by atoms with Gasteiger partial charge in [-0.25, -0.2) is 4.79 Å². The maximum Gasteiger partial charge on any atom is 0.347 e. The van der Waals surface area contributed by atoms with E-state index in [9.17, 15) is 4.79 Å². The predicted molar refractivity (Wildman–Crippen MR) is 63.3 cm³/mol. The molecule has 0 N–H and O–H groups in total. The molecular formula is C13H13NO2. The van der Waals surface area contributed by atoms with Crippen molar-refractivity contribution in [1.82, 2.24) is 0 Å². The van der Waals surface area contributed by atoms with Crippen LogP contribution in [0.25, 0.3) is 6.08 Å². The van der Waals surface area contributed by atoms with E-state index in [0.717, 1.165) is 0 Å². The van der Waals surface area contributed by atoms with Gasteiger partial charge in [0.05, 0.1) is 7.11 Å². The molecule has 0 saturated carbocycles. The van der Waals surface area contributed by atoms with Crippen LogP contribution in [0.2, 0.25) is 0 Å². The largest absolute Gasteiger partial charge is 0.465 e. The van der Waals surface area contributed by atoms with Gasteiger partial charge in [0, 0.05) is 0 Å². The van der Waals surface area contributed by atoms with Crippen molar-refractivity contribution in [3.05, 3.63) is 54.6 Å². The number of carbonyl (C=O) groups is 1. The van der Waals surface area contributed by atoms with E-state index in [4.69, 9.17) is 5.26 Å². The van der Waals surface area contributed by atoms with Gasteiger partial charge in [-0.05, 0) is 5.56 Å². The second-order valence-corrected chi connectivity index (χ2v) is 2.70. The number of methoxy groups -OCH3 is 1. The topological polar surface area (TPSA) is 50.1 Å². The number of esters is 1. The van der Waals surface area contributed by atoms with Crippen LogP contribution in [0.1, 0.15) is 5.56 Å². The number of ether oxygens (including phenoxy) is 1. The van der Waals surface area contributed by atoms with Gasteiger partial charge in [-0.2, -0.15) is 5.26 Å². The fraction of sp³-hybridized carbons (Fsp3) is 0.0769. The van der Waals surface area contributed by atoms with Gasteiger partial charge in [-0.3, -0.25) is 0 Å². The minimum atomic E-state index is -0.674. The Morgan fingerprint density at radius 1 is 1.44 bits per heavy atom. The SMILES string of the molecule is C=C(C#N)C(=O)OC.C=Cc1ccccc1. The Morgan fingerprint density at radius 3 is 2.25 bits per heavy atom. The molecule has 0 unspecified atom stereocenters. The molecule has 0 radical (unpaired) electrons. The molecule has 3 heteroatoms.